The summed E-state index contributed by atoms with van der Waals surface area (Å²) >= 11 is 3.33. The molecule has 1 amide bonds. The number of hydrogen-bond acceptors (Lipinski definition) is 3. The first-order valence-electron chi connectivity index (χ1n) is 6.34. The molecule has 0 unspecified atom stereocenters. The fourth-order valence-corrected chi connectivity index (χ4v) is 2.25. The Labute approximate surface area is 126 Å². The maximum absolute atomic E-state index is 12.4. The lowest BCUT2D eigenvalue weighted by atomic mass is 10.1. The molecule has 0 radical (unpaired) electrons. The molecule has 1 aromatic heterocycles. The number of pyridine rings is 1. The van der Waals surface area contributed by atoms with Crippen molar-refractivity contribution in [1.82, 2.24) is 9.88 Å². The summed E-state index contributed by atoms with van der Waals surface area (Å²) in [6.45, 7) is 3.15. The van der Waals surface area contributed by atoms with Crippen LogP contribution in [-0.4, -0.2) is 22.3 Å². The van der Waals surface area contributed by atoms with Crippen molar-refractivity contribution in [2.75, 3.05) is 12.3 Å². The number of amides is 1. The van der Waals surface area contributed by atoms with Gasteiger partial charge >= 0.3 is 0 Å². The molecule has 0 fully saturated rings. The Kier molecular flexibility index (Phi) is 4.74. The van der Waals surface area contributed by atoms with Crippen LogP contribution >= 0.6 is 15.9 Å². The van der Waals surface area contributed by atoms with Crippen molar-refractivity contribution >= 4 is 27.5 Å². The molecule has 2 N–H and O–H groups in total. The molecule has 4 nitrogen and oxygen atoms in total. The molecule has 0 spiro atoms. The third-order valence-corrected chi connectivity index (χ3v) is 3.41. The van der Waals surface area contributed by atoms with Gasteiger partial charge in [0, 0.05) is 35.6 Å². The number of nitrogens with zero attached hydrogens (tertiary/aromatic N) is 2. The predicted molar refractivity (Wildman–Crippen MR) is 83.2 cm³/mol. The van der Waals surface area contributed by atoms with E-state index in [1.54, 1.807) is 23.4 Å². The highest BCUT2D eigenvalue weighted by molar-refractivity contribution is 9.10. The van der Waals surface area contributed by atoms with E-state index >= 15 is 0 Å². The summed E-state index contributed by atoms with van der Waals surface area (Å²) in [6, 6.07) is 9.33. The molecule has 0 saturated heterocycles. The molecule has 1 aromatic carbocycles. The fourth-order valence-electron chi connectivity index (χ4n) is 1.88. The van der Waals surface area contributed by atoms with Gasteiger partial charge in [-0.3, -0.25) is 9.78 Å². The third-order valence-electron chi connectivity index (χ3n) is 2.97. The maximum Gasteiger partial charge on any atom is 0.255 e. The molecule has 2 aromatic rings. The second-order valence-corrected chi connectivity index (χ2v) is 5.37. The summed E-state index contributed by atoms with van der Waals surface area (Å²) in [5.74, 6) is -0.0295. The summed E-state index contributed by atoms with van der Waals surface area (Å²) in [7, 11) is 0. The van der Waals surface area contributed by atoms with Crippen molar-refractivity contribution in [3.8, 4) is 0 Å². The number of nitrogens with two attached hydrogens (primary N) is 1. The number of hydrogen-bond donors (Lipinski definition) is 1. The number of carbonyl (C=O) groups excluding carboxylic acids is 1. The molecular formula is C15H16BrN3O. The minimum absolute atomic E-state index is 0.0295. The van der Waals surface area contributed by atoms with E-state index in [1.165, 1.54) is 0 Å². The molecule has 1 heterocycles. The first-order chi connectivity index (χ1) is 9.60. The van der Waals surface area contributed by atoms with Gasteiger partial charge in [0.15, 0.2) is 0 Å². The normalized spacial score (nSPS) is 10.3. The second-order valence-electron chi connectivity index (χ2n) is 4.45. The van der Waals surface area contributed by atoms with Gasteiger partial charge in [-0.2, -0.15) is 0 Å². The van der Waals surface area contributed by atoms with Gasteiger partial charge < -0.3 is 10.6 Å². The van der Waals surface area contributed by atoms with E-state index in [4.69, 9.17) is 5.73 Å². The van der Waals surface area contributed by atoms with E-state index in [-0.39, 0.29) is 5.91 Å². The lowest BCUT2D eigenvalue weighted by Crippen LogP contribution is -2.30. The van der Waals surface area contributed by atoms with E-state index in [9.17, 15) is 4.79 Å². The minimum atomic E-state index is -0.0295. The molecule has 5 heteroatoms. The van der Waals surface area contributed by atoms with Gasteiger partial charge in [-0.1, -0.05) is 12.1 Å². The lowest BCUT2D eigenvalue weighted by Gasteiger charge is -2.21. The largest absolute Gasteiger partial charge is 0.399 e. The van der Waals surface area contributed by atoms with Gasteiger partial charge in [0.1, 0.15) is 0 Å². The molecule has 0 aliphatic carbocycles. The highest BCUT2D eigenvalue weighted by atomic mass is 79.9. The molecular weight excluding hydrogens is 318 g/mol. The van der Waals surface area contributed by atoms with E-state index in [0.717, 1.165) is 15.7 Å². The third kappa shape index (κ3) is 3.57. The maximum atomic E-state index is 12.4. The standard InChI is InChI=1S/C15H16BrN3O/c1-2-19(10-11-3-5-14(17)6-4-11)15(20)12-7-13(16)9-18-8-12/h3-9H,2,10,17H2,1H3. The number of rotatable bonds is 4. The van der Waals surface area contributed by atoms with Gasteiger partial charge in [0.2, 0.25) is 0 Å². The van der Waals surface area contributed by atoms with Gasteiger partial charge in [-0.25, -0.2) is 0 Å². The highest BCUT2D eigenvalue weighted by Crippen LogP contribution is 2.14. The Balaban J connectivity index is 2.15. The van der Waals surface area contributed by atoms with Crippen LogP contribution < -0.4 is 5.73 Å². The molecule has 0 bridgehead atoms. The lowest BCUT2D eigenvalue weighted by molar-refractivity contribution is 0.0752. The molecule has 0 saturated carbocycles. The summed E-state index contributed by atoms with van der Waals surface area (Å²) in [5.41, 5.74) is 8.02. The average Bonchev–Trinajstić information content (AvgIpc) is 2.46. The van der Waals surface area contributed by atoms with E-state index < -0.39 is 0 Å². The van der Waals surface area contributed by atoms with E-state index in [0.29, 0.717) is 18.7 Å². The smallest absolute Gasteiger partial charge is 0.255 e. The average molecular weight is 334 g/mol. The topological polar surface area (TPSA) is 59.2 Å². The number of anilines is 1. The van der Waals surface area contributed by atoms with E-state index in [2.05, 4.69) is 20.9 Å². The minimum Gasteiger partial charge on any atom is -0.399 e. The monoisotopic (exact) mass is 333 g/mol. The Morgan fingerprint density at radius 3 is 2.60 bits per heavy atom. The van der Waals surface area contributed by atoms with Crippen LogP contribution in [0.3, 0.4) is 0 Å². The quantitative estimate of drug-likeness (QED) is 0.874. The SMILES string of the molecule is CCN(Cc1ccc(N)cc1)C(=O)c1cncc(Br)c1. The second kappa shape index (κ2) is 6.52. The van der Waals surface area contributed by atoms with Crippen LogP contribution in [0.25, 0.3) is 0 Å². The Morgan fingerprint density at radius 2 is 2.00 bits per heavy atom. The first kappa shape index (κ1) is 14.5. The van der Waals surface area contributed by atoms with Crippen molar-refractivity contribution < 1.29 is 4.79 Å². The predicted octanol–water partition coefficient (Wildman–Crippen LogP) is 3.09. The van der Waals surface area contributed by atoms with Crippen LogP contribution in [-0.2, 0) is 6.54 Å². The summed E-state index contributed by atoms with van der Waals surface area (Å²) in [5, 5.41) is 0. The van der Waals surface area contributed by atoms with Crippen molar-refractivity contribution in [1.29, 1.82) is 0 Å². The van der Waals surface area contributed by atoms with Crippen molar-refractivity contribution in [3.63, 3.8) is 0 Å². The van der Waals surface area contributed by atoms with Gasteiger partial charge in [0.05, 0.1) is 5.56 Å². The van der Waals surface area contributed by atoms with Gasteiger partial charge in [-0.15, -0.1) is 0 Å². The molecule has 0 aliphatic heterocycles. The van der Waals surface area contributed by atoms with Crippen LogP contribution in [0.2, 0.25) is 0 Å². The van der Waals surface area contributed by atoms with Crippen LogP contribution in [0.5, 0.6) is 0 Å². The van der Waals surface area contributed by atoms with Crippen molar-refractivity contribution in [2.24, 2.45) is 0 Å². The molecule has 2 rings (SSSR count). The Morgan fingerprint density at radius 1 is 1.30 bits per heavy atom. The first-order valence-corrected chi connectivity index (χ1v) is 7.13. The molecule has 0 aliphatic rings. The molecule has 104 valence electrons. The number of carbonyl (C=O) groups is 1. The number of benzene rings is 1. The zero-order valence-electron chi connectivity index (χ0n) is 11.2. The van der Waals surface area contributed by atoms with Gasteiger partial charge in [0.25, 0.3) is 5.91 Å². The zero-order chi connectivity index (χ0) is 14.5. The van der Waals surface area contributed by atoms with Crippen LogP contribution in [0.15, 0.2) is 47.2 Å². The highest BCUT2D eigenvalue weighted by Gasteiger charge is 2.15. The number of aromatic nitrogens is 1. The Bertz CT molecular complexity index is 598. The van der Waals surface area contributed by atoms with Crippen molar-refractivity contribution in [3.05, 3.63) is 58.3 Å². The Hall–Kier alpha value is -1.88. The number of halogens is 1. The zero-order valence-corrected chi connectivity index (χ0v) is 12.8. The molecule has 0 atom stereocenters. The summed E-state index contributed by atoms with van der Waals surface area (Å²) < 4.78 is 0.798. The van der Waals surface area contributed by atoms with Crippen LogP contribution in [0.4, 0.5) is 5.69 Å². The molecule has 20 heavy (non-hydrogen) atoms. The van der Waals surface area contributed by atoms with Crippen LogP contribution in [0, 0.1) is 0 Å². The fraction of sp³-hybridized carbons (Fsp3) is 0.200. The number of nitrogen functional groups attached to an aromatic ring is 1. The van der Waals surface area contributed by atoms with Gasteiger partial charge in [-0.05, 0) is 46.6 Å². The summed E-state index contributed by atoms with van der Waals surface area (Å²) in [6.07, 6.45) is 3.24. The van der Waals surface area contributed by atoms with E-state index in [1.807, 2.05) is 31.2 Å². The van der Waals surface area contributed by atoms with Crippen molar-refractivity contribution in [2.45, 2.75) is 13.5 Å². The van der Waals surface area contributed by atoms with Crippen LogP contribution in [0.1, 0.15) is 22.8 Å². The summed E-state index contributed by atoms with van der Waals surface area (Å²) in [4.78, 5) is 18.2.